The van der Waals surface area contributed by atoms with Gasteiger partial charge in [-0.15, -0.1) is 0 Å². The zero-order chi connectivity index (χ0) is 6.62. The van der Waals surface area contributed by atoms with Crippen LogP contribution in [0, 0.1) is 0 Å². The Hall–Kier alpha value is -0.340. The van der Waals surface area contributed by atoms with Gasteiger partial charge in [-0.05, 0) is 13.3 Å². The van der Waals surface area contributed by atoms with E-state index in [4.69, 9.17) is 11.5 Å². The molecule has 0 aliphatic carbocycles. The van der Waals surface area contributed by atoms with Crippen molar-refractivity contribution < 1.29 is 0 Å². The van der Waals surface area contributed by atoms with Crippen LogP contribution in [-0.2, 0) is 0 Å². The third-order valence-corrected chi connectivity index (χ3v) is 0.713. The van der Waals surface area contributed by atoms with Gasteiger partial charge in [0.25, 0.3) is 0 Å². The van der Waals surface area contributed by atoms with Crippen LogP contribution in [0.4, 0.5) is 0 Å². The van der Waals surface area contributed by atoms with Gasteiger partial charge in [-0.1, -0.05) is 19.1 Å². The number of rotatable bonds is 2. The first-order valence-electron chi connectivity index (χ1n) is 2.81. The lowest BCUT2D eigenvalue weighted by Gasteiger charge is -2.10. The van der Waals surface area contributed by atoms with Crippen LogP contribution in [0.3, 0.4) is 0 Å². The van der Waals surface area contributed by atoms with Crippen molar-refractivity contribution >= 4 is 0 Å². The summed E-state index contributed by atoms with van der Waals surface area (Å²) in [5, 5.41) is 0. The van der Waals surface area contributed by atoms with Crippen LogP contribution in [0.2, 0.25) is 0 Å². The molecule has 0 bridgehead atoms. The molecular formula is C6H14N2. The highest BCUT2D eigenvalue weighted by atomic mass is 14.9. The molecular weight excluding hydrogens is 100 g/mol. The van der Waals surface area contributed by atoms with Gasteiger partial charge in [0.05, 0.1) is 5.66 Å². The molecule has 2 nitrogen and oxygen atoms in total. The summed E-state index contributed by atoms with van der Waals surface area (Å²) < 4.78 is 0. The molecule has 48 valence electrons. The third kappa shape index (κ3) is 5.66. The quantitative estimate of drug-likeness (QED) is 0.407. The van der Waals surface area contributed by atoms with Crippen molar-refractivity contribution in [2.24, 2.45) is 11.5 Å². The molecule has 0 aliphatic rings. The molecule has 0 rings (SSSR count). The number of nitrogens with two attached hydrogens (primary N) is 2. The molecule has 0 heterocycles. The third-order valence-electron chi connectivity index (χ3n) is 0.713. The Morgan fingerprint density at radius 1 is 1.50 bits per heavy atom. The van der Waals surface area contributed by atoms with E-state index >= 15 is 0 Å². The van der Waals surface area contributed by atoms with Gasteiger partial charge in [-0.25, -0.2) is 0 Å². The lowest BCUT2D eigenvalue weighted by molar-refractivity contribution is 0.615. The van der Waals surface area contributed by atoms with Crippen LogP contribution in [0.1, 0.15) is 20.3 Å². The average Bonchev–Trinajstić information content (AvgIpc) is 1.59. The molecule has 0 atom stereocenters. The minimum Gasteiger partial charge on any atom is -0.310 e. The second-order valence-corrected chi connectivity index (χ2v) is 2.18. The molecule has 0 aliphatic heterocycles. The first kappa shape index (κ1) is 7.66. The zero-order valence-corrected chi connectivity index (χ0v) is 5.52. The van der Waals surface area contributed by atoms with Gasteiger partial charge in [0, 0.05) is 0 Å². The summed E-state index contributed by atoms with van der Waals surface area (Å²) in [6, 6.07) is 0. The standard InChI is InChI=1S/C6H14N2/c1-3-4-5-6(2,7)8/h4-5H,3,7-8H2,1-2H3. The fraction of sp³-hybridized carbons (Fsp3) is 0.667. The summed E-state index contributed by atoms with van der Waals surface area (Å²) in [5.41, 5.74) is 10.2. The van der Waals surface area contributed by atoms with E-state index in [9.17, 15) is 0 Å². The fourth-order valence-electron chi connectivity index (χ4n) is 0.372. The Morgan fingerprint density at radius 2 is 2.00 bits per heavy atom. The SMILES string of the molecule is CCC=CC(C)(N)N. The molecule has 0 saturated heterocycles. The lowest BCUT2D eigenvalue weighted by atomic mass is 10.2. The molecule has 0 saturated carbocycles. The van der Waals surface area contributed by atoms with Gasteiger partial charge in [0.15, 0.2) is 0 Å². The molecule has 0 amide bonds. The second-order valence-electron chi connectivity index (χ2n) is 2.18. The van der Waals surface area contributed by atoms with Gasteiger partial charge in [0.2, 0.25) is 0 Å². The highest BCUT2D eigenvalue weighted by molar-refractivity contribution is 4.96. The van der Waals surface area contributed by atoms with E-state index in [0.29, 0.717) is 0 Å². The van der Waals surface area contributed by atoms with E-state index in [1.807, 2.05) is 13.0 Å². The first-order chi connectivity index (χ1) is 3.56. The maximum absolute atomic E-state index is 5.41. The number of hydrogen-bond acceptors (Lipinski definition) is 2. The molecule has 0 fully saturated rings. The fourth-order valence-corrected chi connectivity index (χ4v) is 0.372. The van der Waals surface area contributed by atoms with Crippen molar-refractivity contribution in [1.29, 1.82) is 0 Å². The average molecular weight is 114 g/mol. The summed E-state index contributed by atoms with van der Waals surface area (Å²) in [6.45, 7) is 3.81. The summed E-state index contributed by atoms with van der Waals surface area (Å²) in [5.74, 6) is 0. The van der Waals surface area contributed by atoms with Crippen LogP contribution >= 0.6 is 0 Å². The van der Waals surface area contributed by atoms with Gasteiger partial charge >= 0.3 is 0 Å². The van der Waals surface area contributed by atoms with Gasteiger partial charge in [-0.2, -0.15) is 0 Å². The van der Waals surface area contributed by atoms with Crippen molar-refractivity contribution in [2.45, 2.75) is 25.9 Å². The first-order valence-corrected chi connectivity index (χ1v) is 2.81. The second kappa shape index (κ2) is 2.84. The summed E-state index contributed by atoms with van der Waals surface area (Å²) in [4.78, 5) is 0. The van der Waals surface area contributed by atoms with Gasteiger partial charge in [0.1, 0.15) is 0 Å². The summed E-state index contributed by atoms with van der Waals surface area (Å²) >= 11 is 0. The molecule has 0 aromatic carbocycles. The van der Waals surface area contributed by atoms with Gasteiger partial charge in [-0.3, -0.25) is 0 Å². The topological polar surface area (TPSA) is 52.0 Å². The Labute approximate surface area is 50.6 Å². The Kier molecular flexibility index (Phi) is 2.72. The zero-order valence-electron chi connectivity index (χ0n) is 5.52. The van der Waals surface area contributed by atoms with E-state index in [1.165, 1.54) is 0 Å². The molecule has 8 heavy (non-hydrogen) atoms. The summed E-state index contributed by atoms with van der Waals surface area (Å²) in [7, 11) is 0. The smallest absolute Gasteiger partial charge is 0.0799 e. The molecule has 0 aromatic heterocycles. The maximum Gasteiger partial charge on any atom is 0.0799 e. The summed E-state index contributed by atoms with van der Waals surface area (Å²) in [6.07, 6.45) is 4.75. The van der Waals surface area contributed by atoms with E-state index in [-0.39, 0.29) is 0 Å². The van der Waals surface area contributed by atoms with Crippen LogP contribution in [0.15, 0.2) is 12.2 Å². The minimum absolute atomic E-state index is 0.629. The van der Waals surface area contributed by atoms with Crippen molar-refractivity contribution in [2.75, 3.05) is 0 Å². The molecule has 0 unspecified atom stereocenters. The van der Waals surface area contributed by atoms with Gasteiger partial charge < -0.3 is 11.5 Å². The van der Waals surface area contributed by atoms with Crippen molar-refractivity contribution in [3.63, 3.8) is 0 Å². The van der Waals surface area contributed by atoms with Crippen LogP contribution in [0.5, 0.6) is 0 Å². The Balaban J connectivity index is 3.52. The highest BCUT2D eigenvalue weighted by Gasteiger charge is 2.01. The van der Waals surface area contributed by atoms with E-state index < -0.39 is 5.66 Å². The predicted molar refractivity (Wildman–Crippen MR) is 36.2 cm³/mol. The largest absolute Gasteiger partial charge is 0.310 e. The van der Waals surface area contributed by atoms with E-state index in [1.54, 1.807) is 13.0 Å². The van der Waals surface area contributed by atoms with Crippen molar-refractivity contribution in [3.05, 3.63) is 12.2 Å². The molecule has 0 spiro atoms. The van der Waals surface area contributed by atoms with Crippen molar-refractivity contribution in [3.8, 4) is 0 Å². The highest BCUT2D eigenvalue weighted by Crippen LogP contribution is 1.90. The lowest BCUT2D eigenvalue weighted by Crippen LogP contribution is -2.43. The minimum atomic E-state index is -0.629. The van der Waals surface area contributed by atoms with E-state index in [2.05, 4.69) is 0 Å². The van der Waals surface area contributed by atoms with Crippen LogP contribution in [-0.4, -0.2) is 5.66 Å². The molecule has 0 radical (unpaired) electrons. The Morgan fingerprint density at radius 3 is 2.12 bits per heavy atom. The van der Waals surface area contributed by atoms with E-state index in [0.717, 1.165) is 6.42 Å². The number of hydrogen-bond donors (Lipinski definition) is 2. The predicted octanol–water partition coefficient (Wildman–Crippen LogP) is 0.586. The van der Waals surface area contributed by atoms with Crippen molar-refractivity contribution in [1.82, 2.24) is 0 Å². The monoisotopic (exact) mass is 114 g/mol. The molecule has 2 heteroatoms. The molecule has 4 N–H and O–H groups in total. The van der Waals surface area contributed by atoms with Crippen LogP contribution < -0.4 is 11.5 Å². The normalized spacial score (nSPS) is 13.0. The van der Waals surface area contributed by atoms with Crippen LogP contribution in [0.25, 0.3) is 0 Å². The molecule has 0 aromatic rings. The number of allylic oxidation sites excluding steroid dienone is 1. The maximum atomic E-state index is 5.41. The Bertz CT molecular complexity index is 79.0.